The summed E-state index contributed by atoms with van der Waals surface area (Å²) in [5, 5.41) is 5.82. The summed E-state index contributed by atoms with van der Waals surface area (Å²) in [6.07, 6.45) is 9.27. The van der Waals surface area contributed by atoms with E-state index in [1.54, 1.807) is 0 Å². The zero-order valence-electron chi connectivity index (χ0n) is 13.7. The summed E-state index contributed by atoms with van der Waals surface area (Å²) in [7, 11) is 0. The van der Waals surface area contributed by atoms with Gasteiger partial charge < -0.3 is 10.6 Å². The molecule has 0 saturated heterocycles. The van der Waals surface area contributed by atoms with Crippen LogP contribution in [0.1, 0.15) is 44.9 Å². The van der Waals surface area contributed by atoms with Crippen LogP contribution < -0.4 is 10.6 Å². The molecule has 2 aliphatic carbocycles. The average molecular weight is 391 g/mol. The molecule has 0 bridgehead atoms. The normalized spacial score (nSPS) is 18.5. The number of allylic oxidation sites excluding steroid dienone is 1. The lowest BCUT2D eigenvalue weighted by Gasteiger charge is -2.17. The summed E-state index contributed by atoms with van der Waals surface area (Å²) in [4.78, 5) is 24.9. The standard InChI is InChI=1S/C19H23BrN2O2/c20-15-6-8-16(9-7-15)22-18(24)19(11-12-19)17(23)21-13-10-14-4-2-1-3-5-14/h4,6-9H,1-3,5,10-13H2,(H,21,23)(H,22,24). The molecule has 1 aromatic carbocycles. The van der Waals surface area contributed by atoms with E-state index < -0.39 is 5.41 Å². The third kappa shape index (κ3) is 4.07. The fourth-order valence-corrected chi connectivity index (χ4v) is 3.37. The molecule has 5 heteroatoms. The maximum absolute atomic E-state index is 12.5. The van der Waals surface area contributed by atoms with Crippen LogP contribution in [0.5, 0.6) is 0 Å². The van der Waals surface area contributed by atoms with Crippen molar-refractivity contribution in [3.8, 4) is 0 Å². The summed E-state index contributed by atoms with van der Waals surface area (Å²) in [6, 6.07) is 7.39. The molecule has 0 unspecified atom stereocenters. The second-order valence-corrected chi connectivity index (χ2v) is 7.57. The first-order chi connectivity index (χ1) is 11.6. The molecule has 0 radical (unpaired) electrons. The van der Waals surface area contributed by atoms with Crippen LogP contribution in [-0.2, 0) is 9.59 Å². The van der Waals surface area contributed by atoms with Gasteiger partial charge in [-0.2, -0.15) is 0 Å². The molecule has 2 aliphatic rings. The summed E-state index contributed by atoms with van der Waals surface area (Å²) >= 11 is 3.37. The lowest BCUT2D eigenvalue weighted by molar-refractivity contribution is -0.134. The highest BCUT2D eigenvalue weighted by Crippen LogP contribution is 2.46. The molecule has 2 amide bonds. The number of hydrogen-bond donors (Lipinski definition) is 2. The molecule has 24 heavy (non-hydrogen) atoms. The number of nitrogens with one attached hydrogen (secondary N) is 2. The van der Waals surface area contributed by atoms with Crippen LogP contribution in [0.2, 0.25) is 0 Å². The van der Waals surface area contributed by atoms with E-state index in [2.05, 4.69) is 32.6 Å². The van der Waals surface area contributed by atoms with Crippen LogP contribution in [0.15, 0.2) is 40.4 Å². The van der Waals surface area contributed by atoms with Gasteiger partial charge >= 0.3 is 0 Å². The smallest absolute Gasteiger partial charge is 0.240 e. The lowest BCUT2D eigenvalue weighted by atomic mass is 9.97. The van der Waals surface area contributed by atoms with Gasteiger partial charge in [0.05, 0.1) is 0 Å². The summed E-state index contributed by atoms with van der Waals surface area (Å²) in [5.74, 6) is -0.326. The molecule has 0 aromatic heterocycles. The quantitative estimate of drug-likeness (QED) is 0.565. The minimum absolute atomic E-state index is 0.131. The first-order valence-corrected chi connectivity index (χ1v) is 9.43. The van der Waals surface area contributed by atoms with Gasteiger partial charge in [0.25, 0.3) is 0 Å². The summed E-state index contributed by atoms with van der Waals surface area (Å²) in [5.41, 5.74) is 1.29. The van der Waals surface area contributed by atoms with Crippen molar-refractivity contribution in [1.29, 1.82) is 0 Å². The highest BCUT2D eigenvalue weighted by Gasteiger charge is 2.56. The monoisotopic (exact) mass is 390 g/mol. The van der Waals surface area contributed by atoms with Crippen molar-refractivity contribution in [2.75, 3.05) is 11.9 Å². The molecule has 0 spiro atoms. The Kier molecular flexibility index (Phi) is 5.39. The number of carbonyl (C=O) groups is 2. The summed E-state index contributed by atoms with van der Waals surface area (Å²) < 4.78 is 0.955. The number of amides is 2. The first-order valence-electron chi connectivity index (χ1n) is 8.63. The number of anilines is 1. The number of carbonyl (C=O) groups excluding carboxylic acids is 2. The average Bonchev–Trinajstić information content (AvgIpc) is 3.40. The zero-order chi connectivity index (χ0) is 17.0. The molecule has 0 atom stereocenters. The van der Waals surface area contributed by atoms with E-state index in [0.717, 1.165) is 29.4 Å². The Morgan fingerprint density at radius 3 is 2.46 bits per heavy atom. The van der Waals surface area contributed by atoms with Crippen molar-refractivity contribution in [3.63, 3.8) is 0 Å². The van der Waals surface area contributed by atoms with E-state index in [-0.39, 0.29) is 11.8 Å². The van der Waals surface area contributed by atoms with Gasteiger partial charge in [-0.15, -0.1) is 0 Å². The minimum Gasteiger partial charge on any atom is -0.355 e. The van der Waals surface area contributed by atoms with Gasteiger partial charge in [-0.25, -0.2) is 0 Å². The van der Waals surface area contributed by atoms with E-state index in [1.807, 2.05) is 24.3 Å². The van der Waals surface area contributed by atoms with Crippen LogP contribution in [0.3, 0.4) is 0 Å². The molecule has 128 valence electrons. The molecule has 3 rings (SSSR count). The molecule has 1 saturated carbocycles. The van der Waals surface area contributed by atoms with Crippen molar-refractivity contribution in [2.45, 2.75) is 44.9 Å². The van der Waals surface area contributed by atoms with Gasteiger partial charge in [0.15, 0.2) is 0 Å². The number of rotatable bonds is 6. The Hall–Kier alpha value is -1.62. The molecule has 4 nitrogen and oxygen atoms in total. The van der Waals surface area contributed by atoms with Gasteiger partial charge in [-0.05, 0) is 69.2 Å². The second-order valence-electron chi connectivity index (χ2n) is 6.66. The van der Waals surface area contributed by atoms with Crippen molar-refractivity contribution in [3.05, 3.63) is 40.4 Å². The van der Waals surface area contributed by atoms with Gasteiger partial charge in [0.1, 0.15) is 5.41 Å². The second kappa shape index (κ2) is 7.51. The van der Waals surface area contributed by atoms with Crippen LogP contribution >= 0.6 is 15.9 Å². The van der Waals surface area contributed by atoms with Crippen LogP contribution in [0.25, 0.3) is 0 Å². The highest BCUT2D eigenvalue weighted by molar-refractivity contribution is 9.10. The Bertz CT molecular complexity index is 648. The maximum Gasteiger partial charge on any atom is 0.240 e. The van der Waals surface area contributed by atoms with Gasteiger partial charge in [-0.1, -0.05) is 27.6 Å². The predicted molar refractivity (Wildman–Crippen MR) is 98.6 cm³/mol. The van der Waals surface area contributed by atoms with Gasteiger partial charge in [0, 0.05) is 16.7 Å². The highest BCUT2D eigenvalue weighted by atomic mass is 79.9. The molecular weight excluding hydrogens is 368 g/mol. The van der Waals surface area contributed by atoms with Crippen molar-refractivity contribution < 1.29 is 9.59 Å². The van der Waals surface area contributed by atoms with Crippen molar-refractivity contribution in [2.24, 2.45) is 5.41 Å². The third-order valence-corrected chi connectivity index (χ3v) is 5.37. The van der Waals surface area contributed by atoms with E-state index >= 15 is 0 Å². The topological polar surface area (TPSA) is 58.2 Å². The molecule has 1 aromatic rings. The summed E-state index contributed by atoms with van der Waals surface area (Å²) in [6.45, 7) is 0.623. The molecule has 1 fully saturated rings. The minimum atomic E-state index is -0.867. The van der Waals surface area contributed by atoms with E-state index in [0.29, 0.717) is 19.4 Å². The molecule has 0 aliphatic heterocycles. The van der Waals surface area contributed by atoms with Crippen molar-refractivity contribution in [1.82, 2.24) is 5.32 Å². The van der Waals surface area contributed by atoms with E-state index in [4.69, 9.17) is 0 Å². The maximum atomic E-state index is 12.5. The van der Waals surface area contributed by atoms with Crippen molar-refractivity contribution >= 4 is 33.4 Å². The molecular formula is C19H23BrN2O2. The van der Waals surface area contributed by atoms with Gasteiger partial charge in [-0.3, -0.25) is 9.59 Å². The van der Waals surface area contributed by atoms with E-state index in [9.17, 15) is 9.59 Å². The fraction of sp³-hybridized carbons (Fsp3) is 0.474. The Morgan fingerprint density at radius 2 is 1.83 bits per heavy atom. The zero-order valence-corrected chi connectivity index (χ0v) is 15.3. The number of halogens is 1. The lowest BCUT2D eigenvalue weighted by Crippen LogP contribution is -2.40. The number of hydrogen-bond acceptors (Lipinski definition) is 2. The molecule has 0 heterocycles. The molecule has 2 N–H and O–H groups in total. The largest absolute Gasteiger partial charge is 0.355 e. The first kappa shape index (κ1) is 17.2. The van der Waals surface area contributed by atoms with Crippen LogP contribution in [0.4, 0.5) is 5.69 Å². The third-order valence-electron chi connectivity index (χ3n) is 4.84. The Morgan fingerprint density at radius 1 is 1.08 bits per heavy atom. The Balaban J connectivity index is 1.50. The predicted octanol–water partition coefficient (Wildman–Crippen LogP) is 4.17. The van der Waals surface area contributed by atoms with Crippen LogP contribution in [-0.4, -0.2) is 18.4 Å². The van der Waals surface area contributed by atoms with E-state index in [1.165, 1.54) is 18.4 Å². The SMILES string of the molecule is O=C(NCCC1=CCCCC1)C1(C(=O)Nc2ccc(Br)cc2)CC1. The fourth-order valence-electron chi connectivity index (χ4n) is 3.10. The Labute approximate surface area is 151 Å². The number of benzene rings is 1. The van der Waals surface area contributed by atoms with Gasteiger partial charge in [0.2, 0.25) is 11.8 Å². The van der Waals surface area contributed by atoms with Crippen LogP contribution in [0, 0.1) is 5.41 Å².